The average molecular weight is 363 g/mol. The molecule has 1 aliphatic carbocycles. The van der Waals surface area contributed by atoms with Crippen molar-refractivity contribution in [1.29, 1.82) is 0 Å². The maximum Gasteiger partial charge on any atom is 0.227 e. The minimum Gasteiger partial charge on any atom is -0.481 e. The van der Waals surface area contributed by atoms with Crippen molar-refractivity contribution >= 4 is 5.95 Å². The topological polar surface area (TPSA) is 73.3 Å². The molecule has 0 amide bonds. The fraction of sp³-hybridized carbons (Fsp3) is 0.300. The third-order valence-electron chi connectivity index (χ3n) is 4.43. The summed E-state index contributed by atoms with van der Waals surface area (Å²) >= 11 is 0. The van der Waals surface area contributed by atoms with Crippen LogP contribution >= 0.6 is 0 Å². The highest BCUT2D eigenvalue weighted by Crippen LogP contribution is 2.35. The average Bonchev–Trinajstić information content (AvgIpc) is 3.53. The Morgan fingerprint density at radius 1 is 0.963 bits per heavy atom. The largest absolute Gasteiger partial charge is 0.481 e. The zero-order chi connectivity index (χ0) is 18.6. The molecule has 1 fully saturated rings. The molecule has 3 aromatic rings. The first kappa shape index (κ1) is 17.2. The molecule has 0 atom stereocenters. The molecule has 0 saturated heterocycles. The van der Waals surface area contributed by atoms with Crippen LogP contribution in [-0.2, 0) is 0 Å². The smallest absolute Gasteiger partial charge is 0.227 e. The number of nitrogens with zero attached hydrogens (tertiary/aromatic N) is 5. The summed E-state index contributed by atoms with van der Waals surface area (Å²) in [5.41, 5.74) is 1.60. The molecule has 4 rings (SSSR count). The molecule has 0 radical (unpaired) electrons. The molecule has 0 bridgehead atoms. The minimum absolute atomic E-state index is 0.450. The molecule has 1 aliphatic rings. The molecule has 0 aliphatic heterocycles. The lowest BCUT2D eigenvalue weighted by molar-refractivity contribution is 0.399. The zero-order valence-corrected chi connectivity index (χ0v) is 15.4. The van der Waals surface area contributed by atoms with Gasteiger partial charge in [0.2, 0.25) is 17.7 Å². The number of hydrogen-bond acceptors (Lipinski definition) is 7. The van der Waals surface area contributed by atoms with E-state index < -0.39 is 0 Å². The van der Waals surface area contributed by atoms with Gasteiger partial charge < -0.3 is 14.4 Å². The Bertz CT molecular complexity index is 912. The van der Waals surface area contributed by atoms with Gasteiger partial charge in [-0.25, -0.2) is 19.9 Å². The van der Waals surface area contributed by atoms with Gasteiger partial charge in [-0.2, -0.15) is 0 Å². The Labute approximate surface area is 158 Å². The molecule has 7 heteroatoms. The molecular formula is C20H21N5O2. The van der Waals surface area contributed by atoms with Crippen molar-refractivity contribution in [1.82, 2.24) is 19.9 Å². The lowest BCUT2D eigenvalue weighted by Crippen LogP contribution is -2.22. The van der Waals surface area contributed by atoms with Gasteiger partial charge in [-0.05, 0) is 43.0 Å². The first-order chi connectivity index (χ1) is 13.2. The van der Waals surface area contributed by atoms with Gasteiger partial charge >= 0.3 is 0 Å². The van der Waals surface area contributed by atoms with Gasteiger partial charge in [-0.1, -0.05) is 0 Å². The monoisotopic (exact) mass is 363 g/mol. The van der Waals surface area contributed by atoms with E-state index in [-0.39, 0.29) is 0 Å². The van der Waals surface area contributed by atoms with E-state index in [2.05, 4.69) is 24.8 Å². The Balaban J connectivity index is 1.56. The Morgan fingerprint density at radius 2 is 1.59 bits per heavy atom. The molecule has 138 valence electrons. The van der Waals surface area contributed by atoms with Crippen LogP contribution in [0, 0.1) is 5.92 Å². The molecule has 0 aromatic carbocycles. The van der Waals surface area contributed by atoms with Crippen LogP contribution in [0.5, 0.6) is 17.5 Å². The highest BCUT2D eigenvalue weighted by Gasteiger charge is 2.23. The molecule has 27 heavy (non-hydrogen) atoms. The second kappa shape index (κ2) is 7.57. The van der Waals surface area contributed by atoms with Crippen molar-refractivity contribution in [3.05, 3.63) is 49.1 Å². The predicted octanol–water partition coefficient (Wildman–Crippen LogP) is 3.58. The van der Waals surface area contributed by atoms with E-state index >= 15 is 0 Å². The lowest BCUT2D eigenvalue weighted by atomic mass is 10.1. The van der Waals surface area contributed by atoms with Crippen LogP contribution in [0.15, 0.2) is 49.1 Å². The van der Waals surface area contributed by atoms with E-state index in [1.165, 1.54) is 12.8 Å². The van der Waals surface area contributed by atoms with Gasteiger partial charge in [0, 0.05) is 37.1 Å². The van der Waals surface area contributed by atoms with Gasteiger partial charge in [-0.15, -0.1) is 0 Å². The summed E-state index contributed by atoms with van der Waals surface area (Å²) in [4.78, 5) is 19.5. The van der Waals surface area contributed by atoms with Crippen LogP contribution in [-0.4, -0.2) is 40.6 Å². The summed E-state index contributed by atoms with van der Waals surface area (Å²) in [7, 11) is 3.60. The number of pyridine rings is 2. The maximum atomic E-state index is 5.95. The normalized spacial score (nSPS) is 13.3. The molecule has 0 spiro atoms. The van der Waals surface area contributed by atoms with Crippen molar-refractivity contribution in [2.24, 2.45) is 5.92 Å². The summed E-state index contributed by atoms with van der Waals surface area (Å²) in [5.74, 6) is 2.97. The van der Waals surface area contributed by atoms with Crippen LogP contribution in [0.25, 0.3) is 11.1 Å². The molecule has 7 nitrogen and oxygen atoms in total. The van der Waals surface area contributed by atoms with E-state index in [9.17, 15) is 0 Å². The van der Waals surface area contributed by atoms with E-state index in [1.54, 1.807) is 31.9 Å². The molecule has 0 N–H and O–H groups in total. The van der Waals surface area contributed by atoms with E-state index in [4.69, 9.17) is 9.47 Å². The quantitative estimate of drug-likeness (QED) is 0.635. The SMILES string of the molecule is COc1ncccc1-c1cccnc1Oc1cnc(N(C)CC2CC2)nc1. The summed E-state index contributed by atoms with van der Waals surface area (Å²) in [6.07, 6.45) is 9.30. The predicted molar refractivity (Wildman–Crippen MR) is 102 cm³/mol. The molecule has 1 saturated carbocycles. The number of hydrogen-bond donors (Lipinski definition) is 0. The summed E-state index contributed by atoms with van der Waals surface area (Å²) in [6, 6.07) is 7.53. The van der Waals surface area contributed by atoms with Gasteiger partial charge in [-0.3, -0.25) is 0 Å². The standard InChI is InChI=1S/C20H21N5O2/c1-25(13-14-7-8-14)20-23-11-15(12-24-20)27-19-17(6-4-10-22-19)16-5-3-9-21-18(16)26-2/h3-6,9-12,14H,7-8,13H2,1-2H3. The Morgan fingerprint density at radius 3 is 2.22 bits per heavy atom. The van der Waals surface area contributed by atoms with Crippen molar-refractivity contribution < 1.29 is 9.47 Å². The minimum atomic E-state index is 0.450. The number of rotatable bonds is 7. The van der Waals surface area contributed by atoms with Crippen LogP contribution in [0.2, 0.25) is 0 Å². The third kappa shape index (κ3) is 3.97. The van der Waals surface area contributed by atoms with Crippen LogP contribution in [0.3, 0.4) is 0 Å². The van der Waals surface area contributed by atoms with E-state index in [0.29, 0.717) is 23.5 Å². The number of anilines is 1. The molecule has 0 unspecified atom stereocenters. The number of ether oxygens (including phenoxy) is 2. The van der Waals surface area contributed by atoms with Gasteiger partial charge in [0.25, 0.3) is 0 Å². The molecular weight excluding hydrogens is 342 g/mol. The fourth-order valence-corrected chi connectivity index (χ4v) is 2.88. The van der Waals surface area contributed by atoms with Gasteiger partial charge in [0.15, 0.2) is 5.75 Å². The van der Waals surface area contributed by atoms with Crippen LogP contribution in [0.4, 0.5) is 5.95 Å². The number of methoxy groups -OCH3 is 1. The van der Waals surface area contributed by atoms with E-state index in [0.717, 1.165) is 23.6 Å². The Hall–Kier alpha value is -3.22. The van der Waals surface area contributed by atoms with E-state index in [1.807, 2.05) is 31.3 Å². The molecule has 3 aromatic heterocycles. The Kier molecular flexibility index (Phi) is 4.82. The van der Waals surface area contributed by atoms with Crippen molar-refractivity contribution in [2.75, 3.05) is 25.6 Å². The van der Waals surface area contributed by atoms with Crippen molar-refractivity contribution in [3.63, 3.8) is 0 Å². The van der Waals surface area contributed by atoms with Crippen LogP contribution in [0.1, 0.15) is 12.8 Å². The highest BCUT2D eigenvalue weighted by molar-refractivity contribution is 5.72. The van der Waals surface area contributed by atoms with Crippen molar-refractivity contribution in [2.45, 2.75) is 12.8 Å². The summed E-state index contributed by atoms with van der Waals surface area (Å²) < 4.78 is 11.3. The highest BCUT2D eigenvalue weighted by atomic mass is 16.5. The zero-order valence-electron chi connectivity index (χ0n) is 15.4. The second-order valence-electron chi connectivity index (χ2n) is 6.56. The third-order valence-corrected chi connectivity index (χ3v) is 4.43. The first-order valence-corrected chi connectivity index (χ1v) is 8.90. The lowest BCUT2D eigenvalue weighted by Gasteiger charge is -2.16. The summed E-state index contributed by atoms with van der Waals surface area (Å²) in [5, 5.41) is 0. The molecule has 3 heterocycles. The van der Waals surface area contributed by atoms with Crippen LogP contribution < -0.4 is 14.4 Å². The van der Waals surface area contributed by atoms with Gasteiger partial charge in [0.05, 0.1) is 19.5 Å². The summed E-state index contributed by atoms with van der Waals surface area (Å²) in [6.45, 7) is 0.991. The maximum absolute atomic E-state index is 5.95. The number of aromatic nitrogens is 4. The first-order valence-electron chi connectivity index (χ1n) is 8.90. The fourth-order valence-electron chi connectivity index (χ4n) is 2.88. The second-order valence-corrected chi connectivity index (χ2v) is 6.56. The van der Waals surface area contributed by atoms with Crippen molar-refractivity contribution in [3.8, 4) is 28.6 Å². The van der Waals surface area contributed by atoms with Gasteiger partial charge in [0.1, 0.15) is 0 Å².